The molecule has 0 unspecified atom stereocenters. The molecule has 0 atom stereocenters. The number of imide groups is 1. The minimum Gasteiger partial charge on any atom is -0.377 e. The molecule has 0 saturated carbocycles. The molecule has 2 fully saturated rings. The van der Waals surface area contributed by atoms with Gasteiger partial charge in [0.1, 0.15) is 11.4 Å². The van der Waals surface area contributed by atoms with Crippen molar-refractivity contribution in [3.05, 3.63) is 48.2 Å². The number of alkyl halides is 3. The molecule has 0 aliphatic carbocycles. The summed E-state index contributed by atoms with van der Waals surface area (Å²) in [6.45, 7) is 4.12. The summed E-state index contributed by atoms with van der Waals surface area (Å²) in [5, 5.41) is 5.35. The van der Waals surface area contributed by atoms with Gasteiger partial charge >= 0.3 is 17.6 Å². The van der Waals surface area contributed by atoms with Gasteiger partial charge in [-0.05, 0) is 67.6 Å². The molecule has 4 rings (SSSR count). The van der Waals surface area contributed by atoms with E-state index in [1.165, 1.54) is 35.4 Å². The van der Waals surface area contributed by atoms with Crippen molar-refractivity contribution in [3.63, 3.8) is 0 Å². The maximum absolute atomic E-state index is 13.2. The number of pyridine rings is 1. The summed E-state index contributed by atoms with van der Waals surface area (Å²) in [6, 6.07) is 7.20. The molecule has 1 aromatic heterocycles. The molecular formula is C22H22F3N5O4S. The van der Waals surface area contributed by atoms with Crippen molar-refractivity contribution in [2.24, 2.45) is 0 Å². The standard InChI is InChI=1S/C22H22F3N5O4S/c1-21(2)18(31)30(15-3-5-16(6-4-15)35-22(23,24)25)20(33)29(21)10-13-7-8-26-17(9-13)28-19(32)27-14-11-34-12-14/h3-9,14H,10-12H2,1-2H3,(H2,26,27,28,32). The van der Waals surface area contributed by atoms with Crippen LogP contribution < -0.4 is 15.5 Å². The third-order valence-corrected chi connectivity index (χ3v) is 6.27. The van der Waals surface area contributed by atoms with Gasteiger partial charge in [0.25, 0.3) is 5.91 Å². The predicted molar refractivity (Wildman–Crippen MR) is 122 cm³/mol. The van der Waals surface area contributed by atoms with E-state index in [-0.39, 0.29) is 40.7 Å². The fourth-order valence-corrected chi connectivity index (χ4v) is 4.15. The number of hydrogen-bond donors (Lipinski definition) is 2. The number of rotatable bonds is 6. The quantitative estimate of drug-likeness (QED) is 0.451. The van der Waals surface area contributed by atoms with Crippen LogP contribution in [0.2, 0.25) is 0 Å². The first-order chi connectivity index (χ1) is 16.4. The monoisotopic (exact) mass is 509 g/mol. The lowest BCUT2D eigenvalue weighted by Gasteiger charge is -2.28. The van der Waals surface area contributed by atoms with Crippen LogP contribution in [0.15, 0.2) is 47.5 Å². The van der Waals surface area contributed by atoms with E-state index in [2.05, 4.69) is 15.6 Å². The Hall–Kier alpha value is -3.32. The van der Waals surface area contributed by atoms with Crippen LogP contribution in [0.25, 0.3) is 0 Å². The fraction of sp³-hybridized carbons (Fsp3) is 0.364. The number of carbonyl (C=O) groups excluding carboxylic acids is 3. The Morgan fingerprint density at radius 2 is 1.89 bits per heavy atom. The number of ether oxygens (including phenoxy) is 1. The highest BCUT2D eigenvalue weighted by molar-refractivity contribution is 8.00. The van der Waals surface area contributed by atoms with Crippen molar-refractivity contribution >= 4 is 41.2 Å². The highest BCUT2D eigenvalue weighted by atomic mass is 32.2. The zero-order chi connectivity index (χ0) is 25.4. The number of hydrogen-bond acceptors (Lipinski definition) is 6. The number of amides is 5. The van der Waals surface area contributed by atoms with Gasteiger partial charge < -0.3 is 15.0 Å². The number of nitrogens with zero attached hydrogens (tertiary/aromatic N) is 3. The lowest BCUT2D eigenvalue weighted by atomic mass is 10.0. The second-order valence-electron chi connectivity index (χ2n) is 8.49. The Morgan fingerprint density at radius 3 is 2.49 bits per heavy atom. The highest BCUT2D eigenvalue weighted by Gasteiger charge is 2.51. The molecule has 2 aliphatic rings. The Morgan fingerprint density at radius 1 is 1.20 bits per heavy atom. The van der Waals surface area contributed by atoms with Crippen LogP contribution in [0.1, 0.15) is 19.4 Å². The minimum atomic E-state index is -4.44. The van der Waals surface area contributed by atoms with Crippen molar-refractivity contribution in [2.75, 3.05) is 23.4 Å². The van der Waals surface area contributed by atoms with Gasteiger partial charge in [0.05, 0.1) is 24.9 Å². The van der Waals surface area contributed by atoms with Crippen LogP contribution in [0.4, 0.5) is 34.3 Å². The van der Waals surface area contributed by atoms with E-state index in [9.17, 15) is 27.6 Å². The van der Waals surface area contributed by atoms with Crippen molar-refractivity contribution in [1.29, 1.82) is 0 Å². The van der Waals surface area contributed by atoms with Gasteiger partial charge in [-0.3, -0.25) is 10.1 Å². The molecule has 0 spiro atoms. The SMILES string of the molecule is CC1(C)C(=O)N(c2ccc(SC(F)(F)F)cc2)C(=O)N1Cc1ccnc(NC(=O)NC2COC2)c1. The van der Waals surface area contributed by atoms with Crippen molar-refractivity contribution in [2.45, 2.75) is 42.4 Å². The molecule has 5 amide bonds. The summed E-state index contributed by atoms with van der Waals surface area (Å²) in [4.78, 5) is 44.7. The first-order valence-corrected chi connectivity index (χ1v) is 11.4. The van der Waals surface area contributed by atoms with Gasteiger partial charge in [-0.25, -0.2) is 19.5 Å². The molecule has 35 heavy (non-hydrogen) atoms. The second-order valence-corrected chi connectivity index (χ2v) is 9.63. The van der Waals surface area contributed by atoms with E-state index in [4.69, 9.17) is 4.74 Å². The summed E-state index contributed by atoms with van der Waals surface area (Å²) in [5.74, 6) is -0.237. The van der Waals surface area contributed by atoms with E-state index in [0.29, 0.717) is 18.8 Å². The van der Waals surface area contributed by atoms with Gasteiger partial charge in [-0.2, -0.15) is 13.2 Å². The van der Waals surface area contributed by atoms with E-state index in [1.807, 2.05) is 0 Å². The van der Waals surface area contributed by atoms with Crippen molar-refractivity contribution in [3.8, 4) is 0 Å². The smallest absolute Gasteiger partial charge is 0.377 e. The average Bonchev–Trinajstić information content (AvgIpc) is 2.90. The zero-order valence-corrected chi connectivity index (χ0v) is 19.6. The van der Waals surface area contributed by atoms with Crippen molar-refractivity contribution in [1.82, 2.24) is 15.2 Å². The second kappa shape index (κ2) is 9.38. The van der Waals surface area contributed by atoms with Crippen LogP contribution >= 0.6 is 11.8 Å². The van der Waals surface area contributed by atoms with E-state index < -0.39 is 29.0 Å². The van der Waals surface area contributed by atoms with Crippen molar-refractivity contribution < 1.29 is 32.3 Å². The number of halogens is 3. The minimum absolute atomic E-state index is 0.0470. The Balaban J connectivity index is 1.48. The Kier molecular flexibility index (Phi) is 6.64. The van der Waals surface area contributed by atoms with E-state index in [0.717, 1.165) is 4.90 Å². The topological polar surface area (TPSA) is 104 Å². The summed E-state index contributed by atoms with van der Waals surface area (Å²) >= 11 is -0.277. The Labute approximate surface area is 203 Å². The maximum atomic E-state index is 13.2. The van der Waals surface area contributed by atoms with E-state index in [1.54, 1.807) is 26.0 Å². The number of carbonyl (C=O) groups is 3. The van der Waals surface area contributed by atoms with Gasteiger partial charge in [0, 0.05) is 17.6 Å². The third kappa shape index (κ3) is 5.51. The van der Waals surface area contributed by atoms with Gasteiger partial charge in [-0.15, -0.1) is 0 Å². The lowest BCUT2D eigenvalue weighted by molar-refractivity contribution is -0.123. The van der Waals surface area contributed by atoms with Crippen LogP contribution in [-0.4, -0.2) is 58.2 Å². The summed E-state index contributed by atoms with van der Waals surface area (Å²) in [5.41, 5.74) is -4.86. The molecule has 3 heterocycles. The maximum Gasteiger partial charge on any atom is 0.446 e. The van der Waals surface area contributed by atoms with E-state index >= 15 is 0 Å². The van der Waals surface area contributed by atoms with Crippen LogP contribution in [0, 0.1) is 0 Å². The number of anilines is 2. The highest BCUT2D eigenvalue weighted by Crippen LogP contribution is 2.39. The summed E-state index contributed by atoms with van der Waals surface area (Å²) in [7, 11) is 0. The van der Waals surface area contributed by atoms with Crippen LogP contribution in [0.3, 0.4) is 0 Å². The number of benzene rings is 1. The molecule has 186 valence electrons. The fourth-order valence-electron chi connectivity index (χ4n) is 3.61. The van der Waals surface area contributed by atoms with Gasteiger partial charge in [-0.1, -0.05) is 0 Å². The third-order valence-electron chi connectivity index (χ3n) is 5.53. The number of thioether (sulfide) groups is 1. The normalized spacial score (nSPS) is 18.0. The molecule has 2 saturated heterocycles. The first kappa shape index (κ1) is 24.8. The van der Waals surface area contributed by atoms with Crippen LogP contribution in [-0.2, 0) is 16.1 Å². The summed E-state index contributed by atoms with van der Waals surface area (Å²) in [6.07, 6.45) is 1.47. The number of nitrogens with one attached hydrogen (secondary N) is 2. The largest absolute Gasteiger partial charge is 0.446 e. The molecule has 1 aromatic carbocycles. The molecule has 2 aliphatic heterocycles. The predicted octanol–water partition coefficient (Wildman–Crippen LogP) is 3.96. The average molecular weight is 510 g/mol. The van der Waals surface area contributed by atoms with Gasteiger partial charge in [0.15, 0.2) is 0 Å². The lowest BCUT2D eigenvalue weighted by Crippen LogP contribution is -2.50. The molecular weight excluding hydrogens is 487 g/mol. The zero-order valence-electron chi connectivity index (χ0n) is 18.8. The molecule has 9 nitrogen and oxygen atoms in total. The molecule has 13 heteroatoms. The summed E-state index contributed by atoms with van der Waals surface area (Å²) < 4.78 is 42.8. The van der Waals surface area contributed by atoms with Gasteiger partial charge in [0.2, 0.25) is 0 Å². The first-order valence-electron chi connectivity index (χ1n) is 10.6. The number of aromatic nitrogens is 1. The number of urea groups is 2. The van der Waals surface area contributed by atoms with Crippen LogP contribution in [0.5, 0.6) is 0 Å². The Bertz CT molecular complexity index is 1140. The molecule has 0 bridgehead atoms. The molecule has 2 N–H and O–H groups in total. The molecule has 2 aromatic rings. The molecule has 0 radical (unpaired) electrons.